The molecule has 0 radical (unpaired) electrons. The minimum atomic E-state index is -0.159. The van der Waals surface area contributed by atoms with E-state index in [9.17, 15) is 9.59 Å². The first-order chi connectivity index (χ1) is 14.4. The number of fused-ring (bicyclic) bond motifs is 1. The fourth-order valence-corrected chi connectivity index (χ4v) is 4.05. The molecule has 1 aliphatic rings. The van der Waals surface area contributed by atoms with Gasteiger partial charge in [-0.25, -0.2) is 0 Å². The van der Waals surface area contributed by atoms with E-state index in [-0.39, 0.29) is 23.7 Å². The largest absolute Gasteiger partial charge is 0.466 e. The van der Waals surface area contributed by atoms with Crippen molar-refractivity contribution in [3.63, 3.8) is 0 Å². The lowest BCUT2D eigenvalue weighted by Gasteiger charge is -2.22. The molecule has 1 aromatic carbocycles. The average Bonchev–Trinajstić information content (AvgIpc) is 3.32. The van der Waals surface area contributed by atoms with Gasteiger partial charge in [0, 0.05) is 37.2 Å². The van der Waals surface area contributed by atoms with E-state index in [1.807, 2.05) is 78.5 Å². The van der Waals surface area contributed by atoms with Gasteiger partial charge in [0.05, 0.1) is 24.8 Å². The normalized spacial score (nSPS) is 17.9. The van der Waals surface area contributed by atoms with Crippen LogP contribution in [-0.2, 0) is 30.2 Å². The molecular weight excluding hydrogens is 380 g/mol. The number of aryl methyl sites for hydroxylation is 3. The van der Waals surface area contributed by atoms with Crippen LogP contribution in [-0.4, -0.2) is 44.3 Å². The van der Waals surface area contributed by atoms with Gasteiger partial charge in [-0.3, -0.25) is 14.3 Å². The van der Waals surface area contributed by atoms with Crippen LogP contribution in [0.3, 0.4) is 0 Å². The predicted octanol–water partition coefficient (Wildman–Crippen LogP) is 3.06. The first-order valence-corrected chi connectivity index (χ1v) is 10.4. The van der Waals surface area contributed by atoms with Gasteiger partial charge in [-0.1, -0.05) is 18.2 Å². The van der Waals surface area contributed by atoms with Crippen molar-refractivity contribution in [2.45, 2.75) is 26.8 Å². The summed E-state index contributed by atoms with van der Waals surface area (Å²) >= 11 is 0. The first kappa shape index (κ1) is 20.2. The van der Waals surface area contributed by atoms with Gasteiger partial charge in [0.25, 0.3) is 5.91 Å². The molecule has 1 saturated carbocycles. The third-order valence-electron chi connectivity index (χ3n) is 5.94. The quantitative estimate of drug-likeness (QED) is 0.564. The SMILES string of the molecule is CCOC(=O)[C@H]1C[C@H]1CN(Cc1cc(C)n(C)n1)C(=O)c1cc2ccccc2n1C. The number of amides is 1. The highest BCUT2D eigenvalue weighted by atomic mass is 16.5. The Labute approximate surface area is 176 Å². The molecule has 1 amide bonds. The smallest absolute Gasteiger partial charge is 0.309 e. The maximum atomic E-state index is 13.6. The number of hydrogen-bond acceptors (Lipinski definition) is 4. The van der Waals surface area contributed by atoms with Gasteiger partial charge in [0.1, 0.15) is 5.69 Å². The number of ether oxygens (including phenoxy) is 1. The number of carbonyl (C=O) groups is 2. The Morgan fingerprint density at radius 2 is 2.00 bits per heavy atom. The Morgan fingerprint density at radius 3 is 2.67 bits per heavy atom. The Kier molecular flexibility index (Phi) is 5.37. The van der Waals surface area contributed by atoms with Crippen LogP contribution in [0.5, 0.6) is 0 Å². The standard InChI is InChI=1S/C23H28N4O3/c1-5-30-23(29)19-11-17(19)13-27(14-18-10-15(2)26(4)24-18)22(28)21-12-16-8-6-7-9-20(16)25(21)3/h6-10,12,17,19H,5,11,13-14H2,1-4H3/t17-,19-/m0/s1. The summed E-state index contributed by atoms with van der Waals surface area (Å²) < 4.78 is 8.90. The van der Waals surface area contributed by atoms with Crippen LogP contribution in [0.25, 0.3) is 10.9 Å². The first-order valence-electron chi connectivity index (χ1n) is 10.4. The second-order valence-electron chi connectivity index (χ2n) is 8.09. The van der Waals surface area contributed by atoms with Crippen molar-refractivity contribution in [1.29, 1.82) is 0 Å². The van der Waals surface area contributed by atoms with Crippen LogP contribution in [0, 0.1) is 18.8 Å². The van der Waals surface area contributed by atoms with Crippen molar-refractivity contribution in [3.8, 4) is 0 Å². The molecule has 1 fully saturated rings. The molecule has 0 N–H and O–H groups in total. The monoisotopic (exact) mass is 408 g/mol. The highest BCUT2D eigenvalue weighted by Crippen LogP contribution is 2.40. The van der Waals surface area contributed by atoms with E-state index in [1.54, 1.807) is 0 Å². The molecule has 1 aliphatic carbocycles. The summed E-state index contributed by atoms with van der Waals surface area (Å²) in [6.45, 7) is 5.11. The fourth-order valence-electron chi connectivity index (χ4n) is 4.05. The Bertz CT molecular complexity index is 1080. The molecule has 2 atom stereocenters. The lowest BCUT2D eigenvalue weighted by atomic mass is 10.2. The maximum Gasteiger partial charge on any atom is 0.309 e. The van der Waals surface area contributed by atoms with Crippen LogP contribution < -0.4 is 0 Å². The number of aromatic nitrogens is 3. The summed E-state index contributed by atoms with van der Waals surface area (Å²) in [6, 6.07) is 11.9. The van der Waals surface area contributed by atoms with Crippen molar-refractivity contribution in [2.75, 3.05) is 13.2 Å². The molecular formula is C23H28N4O3. The predicted molar refractivity (Wildman–Crippen MR) is 114 cm³/mol. The van der Waals surface area contributed by atoms with E-state index < -0.39 is 0 Å². The van der Waals surface area contributed by atoms with Gasteiger partial charge in [0.15, 0.2) is 0 Å². The highest BCUT2D eigenvalue weighted by Gasteiger charge is 2.45. The number of carbonyl (C=O) groups excluding carboxylic acids is 2. The number of benzene rings is 1. The van der Waals surface area contributed by atoms with E-state index >= 15 is 0 Å². The number of rotatable bonds is 7. The third-order valence-corrected chi connectivity index (χ3v) is 5.94. The van der Waals surface area contributed by atoms with Gasteiger partial charge < -0.3 is 14.2 Å². The second-order valence-corrected chi connectivity index (χ2v) is 8.09. The Hall–Kier alpha value is -3.09. The van der Waals surface area contributed by atoms with Crippen LogP contribution in [0.15, 0.2) is 36.4 Å². The number of esters is 1. The van der Waals surface area contributed by atoms with E-state index in [1.165, 1.54) is 0 Å². The summed E-state index contributed by atoms with van der Waals surface area (Å²) in [4.78, 5) is 27.4. The summed E-state index contributed by atoms with van der Waals surface area (Å²) in [6.07, 6.45) is 0.763. The lowest BCUT2D eigenvalue weighted by Crippen LogP contribution is -2.34. The number of hydrogen-bond donors (Lipinski definition) is 0. The number of para-hydroxylation sites is 1. The minimum absolute atomic E-state index is 0.0495. The van der Waals surface area contributed by atoms with Crippen molar-refractivity contribution in [2.24, 2.45) is 25.9 Å². The van der Waals surface area contributed by atoms with Crippen LogP contribution >= 0.6 is 0 Å². The molecule has 0 saturated heterocycles. The van der Waals surface area contributed by atoms with Crippen molar-refractivity contribution in [3.05, 3.63) is 53.5 Å². The van der Waals surface area contributed by atoms with Crippen molar-refractivity contribution in [1.82, 2.24) is 19.2 Å². The van der Waals surface area contributed by atoms with E-state index in [2.05, 4.69) is 5.10 Å². The van der Waals surface area contributed by atoms with E-state index in [0.29, 0.717) is 25.4 Å². The lowest BCUT2D eigenvalue weighted by molar-refractivity contribution is -0.145. The second kappa shape index (κ2) is 7.97. The molecule has 7 heteroatoms. The third kappa shape index (κ3) is 3.84. The number of nitrogens with zero attached hydrogens (tertiary/aromatic N) is 4. The molecule has 4 rings (SSSR count). The molecule has 7 nitrogen and oxygen atoms in total. The zero-order chi connectivity index (χ0) is 21.4. The Morgan fingerprint density at radius 1 is 1.23 bits per heavy atom. The zero-order valence-corrected chi connectivity index (χ0v) is 18.0. The molecule has 0 unspecified atom stereocenters. The van der Waals surface area contributed by atoms with Gasteiger partial charge >= 0.3 is 5.97 Å². The summed E-state index contributed by atoms with van der Waals surface area (Å²) in [7, 11) is 3.81. The van der Waals surface area contributed by atoms with Crippen molar-refractivity contribution >= 4 is 22.8 Å². The molecule has 0 spiro atoms. The molecule has 0 aliphatic heterocycles. The van der Waals surface area contributed by atoms with Gasteiger partial charge in [-0.2, -0.15) is 5.10 Å². The van der Waals surface area contributed by atoms with E-state index in [0.717, 1.165) is 28.7 Å². The molecule has 2 aromatic heterocycles. The minimum Gasteiger partial charge on any atom is -0.466 e. The van der Waals surface area contributed by atoms with Crippen LogP contribution in [0.1, 0.15) is 35.2 Å². The maximum absolute atomic E-state index is 13.6. The fraction of sp³-hybridized carbons (Fsp3) is 0.435. The van der Waals surface area contributed by atoms with E-state index in [4.69, 9.17) is 4.74 Å². The highest BCUT2D eigenvalue weighted by molar-refractivity contribution is 5.98. The average molecular weight is 409 g/mol. The van der Waals surface area contributed by atoms with Crippen molar-refractivity contribution < 1.29 is 14.3 Å². The Balaban J connectivity index is 1.59. The molecule has 2 heterocycles. The molecule has 0 bridgehead atoms. The molecule has 158 valence electrons. The van der Waals surface area contributed by atoms with Crippen LogP contribution in [0.2, 0.25) is 0 Å². The van der Waals surface area contributed by atoms with Crippen LogP contribution in [0.4, 0.5) is 0 Å². The summed E-state index contributed by atoms with van der Waals surface area (Å²) in [5, 5.41) is 5.56. The molecule has 30 heavy (non-hydrogen) atoms. The topological polar surface area (TPSA) is 69.4 Å². The van der Waals surface area contributed by atoms with Gasteiger partial charge in [0.2, 0.25) is 0 Å². The summed E-state index contributed by atoms with van der Waals surface area (Å²) in [5.74, 6) is -0.189. The van der Waals surface area contributed by atoms with Gasteiger partial charge in [-0.05, 0) is 44.4 Å². The zero-order valence-electron chi connectivity index (χ0n) is 18.0. The summed E-state index contributed by atoms with van der Waals surface area (Å²) in [5.41, 5.74) is 3.54. The molecule has 3 aromatic rings. The van der Waals surface area contributed by atoms with Gasteiger partial charge in [-0.15, -0.1) is 0 Å².